The molecular weight excluding hydrogens is 1300 g/mol. The number of aliphatic hydroxyl groups excluding tert-OH is 11. The van der Waals surface area contributed by atoms with Gasteiger partial charge >= 0.3 is 169 Å². The summed E-state index contributed by atoms with van der Waals surface area (Å²) in [6, 6.07) is -1.76. The molecule has 1 aromatic rings. The Labute approximate surface area is 604 Å². The van der Waals surface area contributed by atoms with Gasteiger partial charge in [-0.25, -0.2) is 23.2 Å². The minimum absolute atomic E-state index is 0. The number of unbranched alkanes of at least 4 members (excludes halogenated alkanes) is 3. The van der Waals surface area contributed by atoms with Crippen molar-refractivity contribution in [3.05, 3.63) is 28.3 Å². The molecule has 0 amide bonds. The molecule has 4 aliphatic heterocycles. The van der Waals surface area contributed by atoms with E-state index < -0.39 is 208 Å². The van der Waals surface area contributed by atoms with E-state index in [1.807, 2.05) is 0 Å². The van der Waals surface area contributed by atoms with Crippen molar-refractivity contribution in [2.24, 2.45) is 9.98 Å². The topological polar surface area (TPSA) is 619 Å². The van der Waals surface area contributed by atoms with Crippen LogP contribution in [0, 0.1) is 0 Å². The molecule has 22 atom stereocenters. The summed E-state index contributed by atoms with van der Waals surface area (Å²) in [5.74, 6) is -8.36. The van der Waals surface area contributed by atoms with Gasteiger partial charge in [-0.1, -0.05) is 25.0 Å². The first-order valence-corrected chi connectivity index (χ1v) is 29.0. The zero-order chi connectivity index (χ0) is 61.2. The summed E-state index contributed by atoms with van der Waals surface area (Å²) < 4.78 is 85.4. The van der Waals surface area contributed by atoms with E-state index in [1.165, 1.54) is 0 Å². The van der Waals surface area contributed by atoms with Crippen LogP contribution < -0.4 is 179 Å². The molecule has 0 aliphatic carbocycles. The number of carboxylic acid groups (broad SMARTS) is 1. The van der Waals surface area contributed by atoms with E-state index >= 15 is 0 Å². The molecule has 3 unspecified atom stereocenters. The Morgan fingerprint density at radius 3 is 2.03 bits per heavy atom. The van der Waals surface area contributed by atoms with Gasteiger partial charge in [0.05, 0.1) is 38.6 Å². The predicted molar refractivity (Wildman–Crippen MR) is 250 cm³/mol. The molecule has 0 aromatic carbocycles. The van der Waals surface area contributed by atoms with Gasteiger partial charge in [-0.3, -0.25) is 18.6 Å². The Bertz CT molecular complexity index is 2600. The first kappa shape index (κ1) is 88.5. The number of nitrogens with zero attached hydrogens (tertiary/aromatic N) is 4. The third kappa shape index (κ3) is 25.5. The van der Waals surface area contributed by atoms with Crippen LogP contribution in [-0.2, 0) is 64.8 Å². The third-order valence-electron chi connectivity index (χ3n) is 12.6. The van der Waals surface area contributed by atoms with Gasteiger partial charge < -0.3 is 139 Å². The predicted octanol–water partition coefficient (Wildman–Crippen LogP) is -25.8. The number of ether oxygens (including phenoxy) is 7. The molecular formula is C41H62N4Na5O34P3. The largest absolute Gasteiger partial charge is 1.00 e. The molecule has 0 bridgehead atoms. The fourth-order valence-electron chi connectivity index (χ4n) is 8.68. The summed E-state index contributed by atoms with van der Waals surface area (Å²) in [5.41, 5.74) is -1.50. The number of phosphoric ester groups is 1. The van der Waals surface area contributed by atoms with E-state index in [1.54, 1.807) is 0 Å². The van der Waals surface area contributed by atoms with E-state index in [2.05, 4.69) is 28.1 Å². The molecule has 4 fully saturated rings. The number of carbonyl (C=O) groups excluding carboxylic acids is 1. The van der Waals surface area contributed by atoms with E-state index in [9.17, 15) is 115 Å². The second-order valence-electron chi connectivity index (χ2n) is 18.7. The fraction of sp³-hybridized carbons (Fsp3) is 0.780. The van der Waals surface area contributed by atoms with Crippen LogP contribution in [0.2, 0.25) is 0 Å². The molecule has 38 nitrogen and oxygen atoms in total. The zero-order valence-corrected chi connectivity index (χ0v) is 60.3. The Morgan fingerprint density at radius 2 is 1.45 bits per heavy atom. The Kier molecular flexibility index (Phi) is 40.4. The number of carboxylic acids is 1. The summed E-state index contributed by atoms with van der Waals surface area (Å²) in [6.45, 7) is -3.36. The Morgan fingerprint density at radius 1 is 0.828 bits per heavy atom. The molecule has 4 saturated heterocycles. The van der Waals surface area contributed by atoms with Crippen LogP contribution in [0.3, 0.4) is 0 Å². The number of aromatic nitrogens is 2. The van der Waals surface area contributed by atoms with Gasteiger partial charge in [0.1, 0.15) is 91.5 Å². The van der Waals surface area contributed by atoms with Crippen molar-refractivity contribution in [2.75, 3.05) is 39.6 Å². The van der Waals surface area contributed by atoms with Crippen LogP contribution in [0.25, 0.3) is 6.08 Å². The number of aliphatic imine (C=N–C) groups is 2. The maximum atomic E-state index is 12.7. The molecule has 1 aromatic heterocycles. The molecule has 5 rings (SSSR count). The van der Waals surface area contributed by atoms with E-state index in [0.717, 1.165) is 29.8 Å². The second kappa shape index (κ2) is 39.7. The quantitative estimate of drug-likeness (QED) is 0.0116. The Hall–Kier alpha value is 1.52. The van der Waals surface area contributed by atoms with Crippen molar-refractivity contribution >= 4 is 47.3 Å². The van der Waals surface area contributed by atoms with Crippen LogP contribution >= 0.6 is 23.5 Å². The van der Waals surface area contributed by atoms with Crippen LogP contribution in [0.15, 0.2) is 27.1 Å². The third-order valence-corrected chi connectivity index (χ3v) is 16.4. The van der Waals surface area contributed by atoms with Gasteiger partial charge in [0.25, 0.3) is 7.82 Å². The summed E-state index contributed by atoms with van der Waals surface area (Å²) in [7, 11) is -17.5. The SMILES string of the molecule is CC([O-])=N[C@H]1[C@H]([C@H](O)[C@H](O)CO)O[C@@](O[C@H]2[C@@H](O)[C@@H](CO)O[C@@H](O[C@H]3[C@H](O)[C@@H](O)[C@H](OCCCCCCN=C([O-])/C=C/c4cn([C@H]5C[C@H](O)[C@@H](COP(=O)(O)OP(=O)(O)OP(=O)([O-])O)O5)c(=O)nc4[O-])O[C@@H]3CO)[C@@H]2O)(C(=O)[O-])C[C@@H]1O.[Na+].[Na+].[Na+].[Na+].[Na+]. The second-order valence-corrected chi connectivity index (χ2v) is 23.1. The monoisotopic (exact) mass is 1360 g/mol. The molecule has 0 radical (unpaired) electrons. The van der Waals surface area contributed by atoms with Crippen molar-refractivity contribution < 1.29 is 309 Å². The molecule has 46 heteroatoms. The van der Waals surface area contributed by atoms with Gasteiger partial charge in [0.2, 0.25) is 5.79 Å². The number of aliphatic hydroxyl groups is 11. The van der Waals surface area contributed by atoms with Crippen molar-refractivity contribution in [1.82, 2.24) is 9.55 Å². The summed E-state index contributed by atoms with van der Waals surface area (Å²) in [4.78, 5) is 74.2. The number of phosphoric acid groups is 3. The average Bonchev–Trinajstić information content (AvgIpc) is 2.13. The van der Waals surface area contributed by atoms with Gasteiger partial charge in [0.15, 0.2) is 12.6 Å². The summed E-state index contributed by atoms with van der Waals surface area (Å²) in [6.07, 6.45) is -29.6. The number of carbonyl (C=O) groups is 1. The fourth-order valence-corrected chi connectivity index (χ4v) is 11.7. The zero-order valence-electron chi connectivity index (χ0n) is 47.7. The molecule has 470 valence electrons. The minimum atomic E-state index is -5.92. The van der Waals surface area contributed by atoms with Crippen LogP contribution in [-0.4, -0.2) is 248 Å². The van der Waals surface area contributed by atoms with Gasteiger partial charge in [0, 0.05) is 43.6 Å². The average molecular weight is 1360 g/mol. The van der Waals surface area contributed by atoms with Gasteiger partial charge in [-0.15, -0.1) is 0 Å². The molecule has 14 N–H and O–H groups in total. The van der Waals surface area contributed by atoms with Crippen LogP contribution in [0.1, 0.15) is 57.2 Å². The van der Waals surface area contributed by atoms with Crippen molar-refractivity contribution in [2.45, 2.75) is 162 Å². The number of rotatable bonds is 29. The smallest absolute Gasteiger partial charge is 0.862 e. The molecule has 87 heavy (non-hydrogen) atoms. The van der Waals surface area contributed by atoms with E-state index in [-0.39, 0.29) is 167 Å². The van der Waals surface area contributed by atoms with Crippen LogP contribution in [0.5, 0.6) is 5.88 Å². The normalized spacial score (nSPS) is 34.0. The van der Waals surface area contributed by atoms with Crippen molar-refractivity contribution in [1.29, 1.82) is 0 Å². The minimum Gasteiger partial charge on any atom is -0.862 e. The summed E-state index contributed by atoms with van der Waals surface area (Å²) >= 11 is 0. The molecule has 0 spiro atoms. The Balaban J connectivity index is 0.0000148. The number of hydrogen-bond donors (Lipinski definition) is 14. The van der Waals surface area contributed by atoms with Gasteiger partial charge in [-0.2, -0.15) is 4.31 Å². The first-order chi connectivity index (χ1) is 38.3. The summed E-state index contributed by atoms with van der Waals surface area (Å²) in [5, 5.41) is 166. The molecule has 4 aliphatic rings. The van der Waals surface area contributed by atoms with Crippen molar-refractivity contribution in [3.63, 3.8) is 0 Å². The first-order valence-electron chi connectivity index (χ1n) is 24.5. The maximum absolute atomic E-state index is 12.7. The maximum Gasteiger partial charge on any atom is 1.00 e. The van der Waals surface area contributed by atoms with E-state index in [0.29, 0.717) is 25.7 Å². The van der Waals surface area contributed by atoms with Crippen molar-refractivity contribution in [3.8, 4) is 5.88 Å². The van der Waals surface area contributed by atoms with Crippen LogP contribution in [0.4, 0.5) is 0 Å². The number of hydrogen-bond acceptors (Lipinski definition) is 34. The molecule has 5 heterocycles. The van der Waals surface area contributed by atoms with E-state index in [4.69, 9.17) is 38.1 Å². The molecule has 0 saturated carbocycles. The van der Waals surface area contributed by atoms with Gasteiger partial charge in [-0.05, 0) is 31.6 Å². The standard InChI is InChI=1S/C41H67N4O34P3.5Na/c1-17(49)43-27-20(51)11-41(39(60)61,76-34(27)28(54)21(52)13-46)77-35-29(55)22(14-47)73-38(32(35)58)75-33-23(15-48)74-37(31(57)30(33)56)70-9-5-3-2-4-8-42-25(53)7-6-18-12-45(40(62)44-36(18)59)26-10-19(50)24(72-26)16-71-81(66,67)79-82(68,69)78-80(63,64)65;;;;;/h6-7,12,19-24,26-35,37-38,46-48,50-52,54-58H,2-5,8-11,13-16H2,1H3,(H,42,53)(H,43,49)(H,60,61)(H,66,67)(H,68,69)(H,44,59,62)(H2,63,64,65);;;;;/q;5*+1/p-5/b7-6+;;;;;/t19-,20-,21+,22+,23+,24+,26+,27+,28+,29-,30+,31+,32+,33+,34+,35-,37+,38-,41-;;;;;/m0...../s1. The number of aliphatic carboxylic acids is 1.